The third kappa shape index (κ3) is 3.45. The second-order valence-corrected chi connectivity index (χ2v) is 9.42. The standard InChI is InChI=1S/C13H18OSi/c1-5-11-7-6-8-12(13(11)14)9-10-15(2,3)4/h6-8,14H,5H2,1-4H3. The van der Waals surface area contributed by atoms with Crippen molar-refractivity contribution in [2.45, 2.75) is 33.0 Å². The topological polar surface area (TPSA) is 20.2 Å². The highest BCUT2D eigenvalue weighted by atomic mass is 28.3. The van der Waals surface area contributed by atoms with Crippen molar-refractivity contribution in [3.05, 3.63) is 29.3 Å². The highest BCUT2D eigenvalue weighted by Gasteiger charge is 2.08. The molecule has 0 saturated heterocycles. The Labute approximate surface area is 93.2 Å². The van der Waals surface area contributed by atoms with Crippen molar-refractivity contribution in [2.24, 2.45) is 0 Å². The third-order valence-corrected chi connectivity index (χ3v) is 2.95. The molecule has 0 bridgehead atoms. The molecule has 1 nitrogen and oxygen atoms in total. The number of phenolic OH excluding ortho intramolecular Hbond substituents is 1. The quantitative estimate of drug-likeness (QED) is 0.567. The van der Waals surface area contributed by atoms with Crippen LogP contribution in [0.1, 0.15) is 18.1 Å². The lowest BCUT2D eigenvalue weighted by Crippen LogP contribution is -2.16. The molecule has 0 radical (unpaired) electrons. The second-order valence-electron chi connectivity index (χ2n) is 4.67. The molecule has 15 heavy (non-hydrogen) atoms. The number of aromatic hydroxyl groups is 1. The highest BCUT2D eigenvalue weighted by Crippen LogP contribution is 2.21. The molecule has 0 spiro atoms. The van der Waals surface area contributed by atoms with Crippen LogP contribution in [-0.4, -0.2) is 13.2 Å². The molecular weight excluding hydrogens is 200 g/mol. The minimum Gasteiger partial charge on any atom is -0.506 e. The molecule has 2 heteroatoms. The lowest BCUT2D eigenvalue weighted by Gasteiger charge is -2.05. The molecule has 1 N–H and O–H groups in total. The Morgan fingerprint density at radius 2 is 1.93 bits per heavy atom. The van der Waals surface area contributed by atoms with Crippen LogP contribution in [-0.2, 0) is 6.42 Å². The van der Waals surface area contributed by atoms with Gasteiger partial charge in [-0.15, -0.1) is 5.54 Å². The summed E-state index contributed by atoms with van der Waals surface area (Å²) in [5.41, 5.74) is 4.99. The molecule has 0 atom stereocenters. The van der Waals surface area contributed by atoms with E-state index in [0.717, 1.165) is 17.5 Å². The van der Waals surface area contributed by atoms with E-state index in [1.54, 1.807) is 0 Å². The number of benzene rings is 1. The van der Waals surface area contributed by atoms with Crippen molar-refractivity contribution in [1.82, 2.24) is 0 Å². The summed E-state index contributed by atoms with van der Waals surface area (Å²) in [6.45, 7) is 8.62. The Morgan fingerprint density at radius 1 is 1.27 bits per heavy atom. The normalized spacial score (nSPS) is 10.7. The fourth-order valence-corrected chi connectivity index (χ4v) is 1.74. The third-order valence-electron chi connectivity index (χ3n) is 2.07. The van der Waals surface area contributed by atoms with E-state index in [-0.39, 0.29) is 0 Å². The molecule has 0 saturated carbocycles. The van der Waals surface area contributed by atoms with E-state index < -0.39 is 8.07 Å². The SMILES string of the molecule is CCc1cccc(C#C[Si](C)(C)C)c1O. The number of hydrogen-bond acceptors (Lipinski definition) is 1. The van der Waals surface area contributed by atoms with Crippen LogP contribution in [0.15, 0.2) is 18.2 Å². The molecule has 1 aromatic carbocycles. The maximum Gasteiger partial charge on any atom is 0.134 e. The van der Waals surface area contributed by atoms with Crippen LogP contribution in [0.3, 0.4) is 0 Å². The van der Waals surface area contributed by atoms with E-state index >= 15 is 0 Å². The van der Waals surface area contributed by atoms with Gasteiger partial charge in [0.05, 0.1) is 5.56 Å². The summed E-state index contributed by atoms with van der Waals surface area (Å²) >= 11 is 0. The molecule has 0 heterocycles. The average Bonchev–Trinajstić information content (AvgIpc) is 2.15. The number of para-hydroxylation sites is 1. The van der Waals surface area contributed by atoms with Gasteiger partial charge in [-0.2, -0.15) is 0 Å². The van der Waals surface area contributed by atoms with Crippen molar-refractivity contribution >= 4 is 8.07 Å². The smallest absolute Gasteiger partial charge is 0.134 e. The molecule has 0 amide bonds. The lowest BCUT2D eigenvalue weighted by atomic mass is 10.1. The van der Waals surface area contributed by atoms with Gasteiger partial charge in [-0.25, -0.2) is 0 Å². The predicted octanol–water partition coefficient (Wildman–Crippen LogP) is 3.18. The van der Waals surface area contributed by atoms with E-state index in [9.17, 15) is 5.11 Å². The van der Waals surface area contributed by atoms with Crippen LogP contribution in [0.4, 0.5) is 0 Å². The van der Waals surface area contributed by atoms with E-state index in [1.165, 1.54) is 0 Å². The van der Waals surface area contributed by atoms with E-state index in [4.69, 9.17) is 0 Å². The van der Waals surface area contributed by atoms with Gasteiger partial charge in [0.2, 0.25) is 0 Å². The zero-order valence-electron chi connectivity index (χ0n) is 9.89. The zero-order valence-corrected chi connectivity index (χ0v) is 10.9. The molecule has 0 fully saturated rings. The fraction of sp³-hybridized carbons (Fsp3) is 0.385. The summed E-state index contributed by atoms with van der Waals surface area (Å²) in [6, 6.07) is 5.77. The number of aryl methyl sites for hydroxylation is 1. The van der Waals surface area contributed by atoms with Crippen molar-refractivity contribution in [3.63, 3.8) is 0 Å². The predicted molar refractivity (Wildman–Crippen MR) is 67.7 cm³/mol. The summed E-state index contributed by atoms with van der Waals surface area (Å²) in [4.78, 5) is 0. The Balaban J connectivity index is 3.10. The van der Waals surface area contributed by atoms with Gasteiger partial charge in [0.25, 0.3) is 0 Å². The van der Waals surface area contributed by atoms with Crippen LogP contribution in [0, 0.1) is 11.5 Å². The minimum atomic E-state index is -1.36. The molecule has 0 aromatic heterocycles. The summed E-state index contributed by atoms with van der Waals surface area (Å²) in [5.74, 6) is 3.44. The summed E-state index contributed by atoms with van der Waals surface area (Å²) < 4.78 is 0. The van der Waals surface area contributed by atoms with Crippen molar-refractivity contribution in [3.8, 4) is 17.2 Å². The van der Waals surface area contributed by atoms with Crippen LogP contribution >= 0.6 is 0 Å². The van der Waals surface area contributed by atoms with Gasteiger partial charge in [-0.1, -0.05) is 44.6 Å². The van der Waals surface area contributed by atoms with Crippen LogP contribution in [0.25, 0.3) is 0 Å². The van der Waals surface area contributed by atoms with E-state index in [1.807, 2.05) is 25.1 Å². The summed E-state index contributed by atoms with van der Waals surface area (Å²) in [5, 5.41) is 9.90. The molecule has 1 aromatic rings. The van der Waals surface area contributed by atoms with Crippen LogP contribution < -0.4 is 0 Å². The van der Waals surface area contributed by atoms with E-state index in [2.05, 4.69) is 31.1 Å². The summed E-state index contributed by atoms with van der Waals surface area (Å²) in [7, 11) is -1.36. The number of phenols is 1. The molecule has 0 aliphatic carbocycles. The average molecular weight is 218 g/mol. The molecule has 80 valence electrons. The maximum absolute atomic E-state index is 9.90. The first-order chi connectivity index (χ1) is 6.94. The largest absolute Gasteiger partial charge is 0.506 e. The summed E-state index contributed by atoms with van der Waals surface area (Å²) in [6.07, 6.45) is 0.842. The van der Waals surface area contributed by atoms with Crippen LogP contribution in [0.2, 0.25) is 19.6 Å². The van der Waals surface area contributed by atoms with Gasteiger partial charge < -0.3 is 5.11 Å². The van der Waals surface area contributed by atoms with Crippen molar-refractivity contribution < 1.29 is 5.11 Å². The fourth-order valence-electron chi connectivity index (χ4n) is 1.23. The molecular formula is C13H18OSi. The van der Waals surface area contributed by atoms with Crippen LogP contribution in [0.5, 0.6) is 5.75 Å². The zero-order chi connectivity index (χ0) is 11.5. The Kier molecular flexibility index (Phi) is 3.60. The van der Waals surface area contributed by atoms with Crippen molar-refractivity contribution in [1.29, 1.82) is 0 Å². The number of hydrogen-bond donors (Lipinski definition) is 1. The second kappa shape index (κ2) is 4.54. The van der Waals surface area contributed by atoms with Gasteiger partial charge in [0.15, 0.2) is 0 Å². The first kappa shape index (κ1) is 11.9. The molecule has 0 aliphatic rings. The monoisotopic (exact) mass is 218 g/mol. The molecule has 1 rings (SSSR count). The van der Waals surface area contributed by atoms with Gasteiger partial charge in [-0.3, -0.25) is 0 Å². The first-order valence-electron chi connectivity index (χ1n) is 5.28. The lowest BCUT2D eigenvalue weighted by molar-refractivity contribution is 0.467. The maximum atomic E-state index is 9.90. The molecule has 0 aliphatic heterocycles. The minimum absolute atomic E-state index is 0.353. The van der Waals surface area contributed by atoms with Gasteiger partial charge >= 0.3 is 0 Å². The Bertz CT molecular complexity index is 405. The number of rotatable bonds is 1. The van der Waals surface area contributed by atoms with Gasteiger partial charge in [-0.05, 0) is 18.1 Å². The molecule has 0 unspecified atom stereocenters. The van der Waals surface area contributed by atoms with Crippen molar-refractivity contribution in [2.75, 3.05) is 0 Å². The van der Waals surface area contributed by atoms with E-state index in [0.29, 0.717) is 5.75 Å². The Morgan fingerprint density at radius 3 is 2.47 bits per heavy atom. The first-order valence-corrected chi connectivity index (χ1v) is 8.78. The van der Waals surface area contributed by atoms with Gasteiger partial charge in [0, 0.05) is 0 Å². The highest BCUT2D eigenvalue weighted by molar-refractivity contribution is 6.83. The Hall–Kier alpha value is -1.20. The van der Waals surface area contributed by atoms with Gasteiger partial charge in [0.1, 0.15) is 13.8 Å².